The van der Waals surface area contributed by atoms with Crippen LogP contribution in [0.3, 0.4) is 0 Å². The first-order valence-corrected chi connectivity index (χ1v) is 10.1. The van der Waals surface area contributed by atoms with Crippen LogP contribution in [0.4, 0.5) is 0 Å². The van der Waals surface area contributed by atoms with Crippen LogP contribution in [0, 0.1) is 0 Å². The lowest BCUT2D eigenvalue weighted by molar-refractivity contribution is 0.0954. The van der Waals surface area contributed by atoms with E-state index in [1.165, 1.54) is 27.5 Å². The Hall–Kier alpha value is -4.20. The summed E-state index contributed by atoms with van der Waals surface area (Å²) in [7, 11) is 6.03. The van der Waals surface area contributed by atoms with Crippen molar-refractivity contribution in [1.82, 2.24) is 5.43 Å². The van der Waals surface area contributed by atoms with Crippen LogP contribution in [0.5, 0.6) is 28.7 Å². The first-order chi connectivity index (χ1) is 16.1. The van der Waals surface area contributed by atoms with Gasteiger partial charge in [-0.25, -0.2) is 5.43 Å². The van der Waals surface area contributed by atoms with Gasteiger partial charge in [-0.2, -0.15) is 5.10 Å². The van der Waals surface area contributed by atoms with E-state index in [0.717, 1.165) is 11.1 Å². The monoisotopic (exact) mass is 450 g/mol. The van der Waals surface area contributed by atoms with Gasteiger partial charge in [-0.15, -0.1) is 0 Å². The van der Waals surface area contributed by atoms with Crippen molar-refractivity contribution >= 4 is 12.1 Å². The SMILES string of the molecule is COc1cc(/C=N\NC(=O)c2cc(OC)c(OC)c(OC)c2)ccc1OCc1ccccc1. The number of carbonyl (C=O) groups is 1. The van der Waals surface area contributed by atoms with Gasteiger partial charge in [-0.1, -0.05) is 30.3 Å². The molecule has 0 saturated heterocycles. The van der Waals surface area contributed by atoms with E-state index in [2.05, 4.69) is 10.5 Å². The Bertz CT molecular complexity index is 1090. The van der Waals surface area contributed by atoms with Crippen LogP contribution in [0.25, 0.3) is 0 Å². The lowest BCUT2D eigenvalue weighted by atomic mass is 10.1. The molecular weight excluding hydrogens is 424 g/mol. The second-order valence-corrected chi connectivity index (χ2v) is 6.80. The second-order valence-electron chi connectivity index (χ2n) is 6.80. The average molecular weight is 450 g/mol. The number of amides is 1. The fourth-order valence-electron chi connectivity index (χ4n) is 3.06. The minimum atomic E-state index is -0.430. The molecule has 33 heavy (non-hydrogen) atoms. The third kappa shape index (κ3) is 5.94. The number of nitrogens with zero attached hydrogens (tertiary/aromatic N) is 1. The molecule has 0 aliphatic heterocycles. The van der Waals surface area contributed by atoms with E-state index in [0.29, 0.717) is 40.9 Å². The van der Waals surface area contributed by atoms with Crippen molar-refractivity contribution in [2.45, 2.75) is 6.61 Å². The highest BCUT2D eigenvalue weighted by Crippen LogP contribution is 2.38. The van der Waals surface area contributed by atoms with Crippen molar-refractivity contribution in [3.05, 3.63) is 77.4 Å². The van der Waals surface area contributed by atoms with Gasteiger partial charge in [0.15, 0.2) is 23.0 Å². The van der Waals surface area contributed by atoms with E-state index < -0.39 is 5.91 Å². The predicted molar refractivity (Wildman–Crippen MR) is 125 cm³/mol. The molecule has 0 bridgehead atoms. The van der Waals surface area contributed by atoms with E-state index in [4.69, 9.17) is 23.7 Å². The predicted octanol–water partition coefficient (Wildman–Crippen LogP) is 4.06. The first-order valence-electron chi connectivity index (χ1n) is 10.1. The van der Waals surface area contributed by atoms with Crippen LogP contribution < -0.4 is 29.1 Å². The molecule has 0 spiro atoms. The largest absolute Gasteiger partial charge is 0.493 e. The summed E-state index contributed by atoms with van der Waals surface area (Å²) in [5, 5.41) is 4.04. The number of rotatable bonds is 10. The number of methoxy groups -OCH3 is 4. The van der Waals surface area contributed by atoms with Crippen LogP contribution in [0.1, 0.15) is 21.5 Å². The summed E-state index contributed by atoms with van der Waals surface area (Å²) in [4.78, 5) is 12.5. The van der Waals surface area contributed by atoms with Gasteiger partial charge in [0.05, 0.1) is 34.7 Å². The van der Waals surface area contributed by atoms with Gasteiger partial charge >= 0.3 is 0 Å². The molecule has 1 amide bonds. The number of nitrogens with one attached hydrogen (secondary N) is 1. The standard InChI is InChI=1S/C25H26N2O6/c1-29-21-12-18(10-11-20(21)33-16-17-8-6-5-7-9-17)15-26-27-25(28)19-13-22(30-2)24(32-4)23(14-19)31-3/h5-15H,16H2,1-4H3,(H,27,28)/b26-15-. The molecule has 3 aromatic carbocycles. The molecule has 172 valence electrons. The van der Waals surface area contributed by atoms with Gasteiger partial charge in [-0.05, 0) is 41.5 Å². The van der Waals surface area contributed by atoms with Gasteiger partial charge in [0.2, 0.25) is 5.75 Å². The Balaban J connectivity index is 1.68. The molecule has 0 aromatic heterocycles. The van der Waals surface area contributed by atoms with Crippen molar-refractivity contribution in [2.75, 3.05) is 28.4 Å². The highest BCUT2D eigenvalue weighted by atomic mass is 16.5. The van der Waals surface area contributed by atoms with Gasteiger partial charge in [0.1, 0.15) is 6.61 Å². The summed E-state index contributed by atoms with van der Waals surface area (Å²) in [5.74, 6) is 1.90. The molecule has 8 nitrogen and oxygen atoms in total. The quantitative estimate of drug-likeness (QED) is 0.370. The van der Waals surface area contributed by atoms with E-state index >= 15 is 0 Å². The molecule has 0 aliphatic rings. The number of hydrazone groups is 1. The normalized spacial score (nSPS) is 10.5. The molecule has 1 N–H and O–H groups in total. The fourth-order valence-corrected chi connectivity index (χ4v) is 3.06. The Morgan fingerprint density at radius 2 is 1.48 bits per heavy atom. The Kier molecular flexibility index (Phi) is 8.13. The molecule has 0 unspecified atom stereocenters. The number of hydrogen-bond donors (Lipinski definition) is 1. The highest BCUT2D eigenvalue weighted by molar-refractivity contribution is 5.96. The summed E-state index contributed by atoms with van der Waals surface area (Å²) >= 11 is 0. The molecule has 0 aliphatic carbocycles. The van der Waals surface area contributed by atoms with E-state index in [9.17, 15) is 4.79 Å². The summed E-state index contributed by atoms with van der Waals surface area (Å²) in [5.41, 5.74) is 4.58. The Morgan fingerprint density at radius 1 is 0.818 bits per heavy atom. The van der Waals surface area contributed by atoms with Crippen molar-refractivity contribution < 1.29 is 28.5 Å². The topological polar surface area (TPSA) is 87.6 Å². The molecular formula is C25H26N2O6. The van der Waals surface area contributed by atoms with Gasteiger partial charge in [0, 0.05) is 5.56 Å². The first kappa shape index (κ1) is 23.5. The third-order valence-corrected chi connectivity index (χ3v) is 4.73. The number of carbonyl (C=O) groups excluding carboxylic acids is 1. The lowest BCUT2D eigenvalue weighted by Gasteiger charge is -2.13. The van der Waals surface area contributed by atoms with Crippen molar-refractivity contribution in [3.8, 4) is 28.7 Å². The molecule has 0 radical (unpaired) electrons. The zero-order valence-electron chi connectivity index (χ0n) is 19.0. The molecule has 0 saturated carbocycles. The second kappa shape index (κ2) is 11.4. The van der Waals surface area contributed by atoms with Crippen LogP contribution in [0.2, 0.25) is 0 Å². The maximum Gasteiger partial charge on any atom is 0.271 e. The number of ether oxygens (including phenoxy) is 5. The van der Waals surface area contributed by atoms with Gasteiger partial charge < -0.3 is 23.7 Å². The summed E-state index contributed by atoms with van der Waals surface area (Å²) < 4.78 is 27.1. The third-order valence-electron chi connectivity index (χ3n) is 4.73. The smallest absolute Gasteiger partial charge is 0.271 e. The van der Waals surface area contributed by atoms with E-state index in [1.807, 2.05) is 36.4 Å². The Morgan fingerprint density at radius 3 is 2.09 bits per heavy atom. The molecule has 3 rings (SSSR count). The fraction of sp³-hybridized carbons (Fsp3) is 0.200. The minimum Gasteiger partial charge on any atom is -0.493 e. The van der Waals surface area contributed by atoms with Crippen LogP contribution in [0.15, 0.2) is 65.8 Å². The van der Waals surface area contributed by atoms with Crippen molar-refractivity contribution in [1.29, 1.82) is 0 Å². The summed E-state index contributed by atoms with van der Waals surface area (Å²) in [6.45, 7) is 0.426. The van der Waals surface area contributed by atoms with Crippen molar-refractivity contribution in [3.63, 3.8) is 0 Å². The molecule has 3 aromatic rings. The molecule has 8 heteroatoms. The number of hydrogen-bond acceptors (Lipinski definition) is 7. The number of benzene rings is 3. The van der Waals surface area contributed by atoms with Crippen molar-refractivity contribution in [2.24, 2.45) is 5.10 Å². The van der Waals surface area contributed by atoms with Crippen LogP contribution >= 0.6 is 0 Å². The van der Waals surface area contributed by atoms with Gasteiger partial charge in [-0.3, -0.25) is 4.79 Å². The highest BCUT2D eigenvalue weighted by Gasteiger charge is 2.16. The zero-order valence-corrected chi connectivity index (χ0v) is 19.0. The molecule has 0 fully saturated rings. The van der Waals surface area contributed by atoms with Crippen LogP contribution in [-0.4, -0.2) is 40.6 Å². The maximum atomic E-state index is 12.5. The molecule has 0 atom stereocenters. The summed E-state index contributed by atoms with van der Waals surface area (Å²) in [6.07, 6.45) is 1.51. The maximum absolute atomic E-state index is 12.5. The molecule has 0 heterocycles. The van der Waals surface area contributed by atoms with E-state index in [-0.39, 0.29) is 0 Å². The van der Waals surface area contributed by atoms with Crippen LogP contribution in [-0.2, 0) is 6.61 Å². The Labute approximate surface area is 192 Å². The lowest BCUT2D eigenvalue weighted by Crippen LogP contribution is -2.18. The van der Waals surface area contributed by atoms with Gasteiger partial charge in [0.25, 0.3) is 5.91 Å². The minimum absolute atomic E-state index is 0.309. The average Bonchev–Trinajstić information content (AvgIpc) is 2.87. The van der Waals surface area contributed by atoms with E-state index in [1.54, 1.807) is 31.4 Å². The summed E-state index contributed by atoms with van der Waals surface area (Å²) in [6, 6.07) is 18.3. The zero-order chi connectivity index (χ0) is 23.6.